The predicted molar refractivity (Wildman–Crippen MR) is 93.0 cm³/mol. The fraction of sp³-hybridized carbons (Fsp3) is 0.111. The standard InChI is InChI=1S/C18H16N2O3S/c1-22-15-9-7-14(8-10-15)16(21)12-24-18-20-19-17(23-18)11-13-5-3-2-4-6-13/h2-10,12,21H,11H2,1H3. The first-order valence-corrected chi connectivity index (χ1v) is 8.19. The van der Waals surface area contributed by atoms with Gasteiger partial charge in [0.2, 0.25) is 5.89 Å². The minimum atomic E-state index is 0.130. The van der Waals surface area contributed by atoms with Crippen LogP contribution in [0, 0.1) is 0 Å². The third-order valence-electron chi connectivity index (χ3n) is 3.30. The minimum Gasteiger partial charge on any atom is -0.507 e. The number of benzene rings is 2. The number of aliphatic hydroxyl groups excluding tert-OH is 1. The summed E-state index contributed by atoms with van der Waals surface area (Å²) >= 11 is 1.18. The quantitative estimate of drug-likeness (QED) is 0.532. The number of nitrogens with zero attached hydrogens (tertiary/aromatic N) is 2. The van der Waals surface area contributed by atoms with Gasteiger partial charge >= 0.3 is 0 Å². The maximum absolute atomic E-state index is 10.1. The van der Waals surface area contributed by atoms with Gasteiger partial charge in [0.25, 0.3) is 5.22 Å². The van der Waals surface area contributed by atoms with E-state index in [4.69, 9.17) is 9.15 Å². The fourth-order valence-corrected chi connectivity index (χ4v) is 2.64. The van der Waals surface area contributed by atoms with Crippen molar-refractivity contribution >= 4 is 17.5 Å². The lowest BCUT2D eigenvalue weighted by Gasteiger charge is -2.02. The molecule has 0 bridgehead atoms. The zero-order valence-corrected chi connectivity index (χ0v) is 13.9. The van der Waals surface area contributed by atoms with Crippen LogP contribution in [0.1, 0.15) is 17.0 Å². The van der Waals surface area contributed by atoms with E-state index in [0.717, 1.165) is 11.3 Å². The summed E-state index contributed by atoms with van der Waals surface area (Å²) in [6.07, 6.45) is 0.586. The second kappa shape index (κ2) is 7.70. The Bertz CT molecular complexity index is 814. The summed E-state index contributed by atoms with van der Waals surface area (Å²) in [5.74, 6) is 1.41. The van der Waals surface area contributed by atoms with Gasteiger partial charge in [-0.15, -0.1) is 10.2 Å². The fourth-order valence-electron chi connectivity index (χ4n) is 2.06. The Morgan fingerprint density at radius 1 is 1.12 bits per heavy atom. The molecule has 6 heteroatoms. The van der Waals surface area contributed by atoms with Gasteiger partial charge in [-0.3, -0.25) is 0 Å². The van der Waals surface area contributed by atoms with Gasteiger partial charge in [-0.25, -0.2) is 0 Å². The molecule has 24 heavy (non-hydrogen) atoms. The monoisotopic (exact) mass is 340 g/mol. The lowest BCUT2D eigenvalue weighted by molar-refractivity contribution is 0.414. The van der Waals surface area contributed by atoms with Crippen molar-refractivity contribution in [3.05, 3.63) is 77.0 Å². The third kappa shape index (κ3) is 4.17. The van der Waals surface area contributed by atoms with Gasteiger partial charge in [-0.1, -0.05) is 30.3 Å². The smallest absolute Gasteiger partial charge is 0.281 e. The van der Waals surface area contributed by atoms with Gasteiger partial charge in [0.1, 0.15) is 11.5 Å². The molecule has 3 aromatic rings. The first-order valence-electron chi connectivity index (χ1n) is 7.31. The third-order valence-corrected chi connectivity index (χ3v) is 4.01. The molecule has 0 aliphatic carbocycles. The van der Waals surface area contributed by atoms with E-state index in [1.807, 2.05) is 30.3 Å². The van der Waals surface area contributed by atoms with Crippen molar-refractivity contribution in [3.8, 4) is 5.75 Å². The molecular formula is C18H16N2O3S. The summed E-state index contributed by atoms with van der Waals surface area (Å²) in [7, 11) is 1.60. The first-order chi connectivity index (χ1) is 11.7. The molecule has 2 aromatic carbocycles. The number of aromatic nitrogens is 2. The number of hydrogen-bond acceptors (Lipinski definition) is 6. The molecule has 5 nitrogen and oxygen atoms in total. The Balaban J connectivity index is 1.63. The van der Waals surface area contributed by atoms with Gasteiger partial charge in [0.05, 0.1) is 13.5 Å². The van der Waals surface area contributed by atoms with Crippen LogP contribution in [0.25, 0.3) is 5.76 Å². The molecule has 1 N–H and O–H groups in total. The van der Waals surface area contributed by atoms with E-state index >= 15 is 0 Å². The first kappa shape index (κ1) is 16.1. The molecule has 0 fully saturated rings. The molecule has 0 saturated heterocycles. The molecule has 0 saturated carbocycles. The maximum atomic E-state index is 10.1. The van der Waals surface area contributed by atoms with E-state index in [-0.39, 0.29) is 5.76 Å². The Kier molecular flexibility index (Phi) is 5.18. The normalized spacial score (nSPS) is 11.5. The van der Waals surface area contributed by atoms with Crippen LogP contribution in [-0.4, -0.2) is 22.4 Å². The number of hydrogen-bond donors (Lipinski definition) is 1. The summed E-state index contributed by atoms with van der Waals surface area (Å²) in [6, 6.07) is 17.0. The van der Waals surface area contributed by atoms with Crippen molar-refractivity contribution in [2.24, 2.45) is 0 Å². The molecule has 0 amide bonds. The topological polar surface area (TPSA) is 68.4 Å². The molecule has 0 atom stereocenters. The number of methoxy groups -OCH3 is 1. The van der Waals surface area contributed by atoms with Crippen molar-refractivity contribution < 1.29 is 14.3 Å². The molecule has 1 aromatic heterocycles. The van der Waals surface area contributed by atoms with Crippen molar-refractivity contribution in [1.82, 2.24) is 10.2 Å². The van der Waals surface area contributed by atoms with Crippen LogP contribution in [0.2, 0.25) is 0 Å². The van der Waals surface area contributed by atoms with Gasteiger partial charge < -0.3 is 14.3 Å². The minimum absolute atomic E-state index is 0.130. The second-order valence-corrected chi connectivity index (χ2v) is 5.79. The summed E-state index contributed by atoms with van der Waals surface area (Å²) in [4.78, 5) is 0. The lowest BCUT2D eigenvalue weighted by Crippen LogP contribution is -1.87. The van der Waals surface area contributed by atoms with E-state index in [1.165, 1.54) is 11.8 Å². The molecule has 1 heterocycles. The van der Waals surface area contributed by atoms with E-state index in [9.17, 15) is 5.11 Å². The van der Waals surface area contributed by atoms with Gasteiger partial charge in [-0.05, 0) is 41.6 Å². The highest BCUT2D eigenvalue weighted by Crippen LogP contribution is 2.24. The van der Waals surface area contributed by atoms with Crippen LogP contribution in [0.5, 0.6) is 5.75 Å². The Hall–Kier alpha value is -2.73. The highest BCUT2D eigenvalue weighted by atomic mass is 32.2. The van der Waals surface area contributed by atoms with Crippen LogP contribution < -0.4 is 4.74 Å². The Morgan fingerprint density at radius 2 is 1.88 bits per heavy atom. The van der Waals surface area contributed by atoms with Crippen LogP contribution in [0.3, 0.4) is 0 Å². The molecular weight excluding hydrogens is 324 g/mol. The second-order valence-electron chi connectivity index (χ2n) is 4.97. The SMILES string of the molecule is COc1ccc(C(O)=CSc2nnc(Cc3ccccc3)o2)cc1. The molecule has 0 aliphatic heterocycles. The van der Waals surface area contributed by atoms with Crippen molar-refractivity contribution in [1.29, 1.82) is 0 Å². The van der Waals surface area contributed by atoms with Crippen molar-refractivity contribution in [2.75, 3.05) is 7.11 Å². The van der Waals surface area contributed by atoms with Crippen molar-refractivity contribution in [2.45, 2.75) is 11.6 Å². The number of thioether (sulfide) groups is 1. The van der Waals surface area contributed by atoms with Crippen LogP contribution in [-0.2, 0) is 6.42 Å². The molecule has 3 rings (SSSR count). The van der Waals surface area contributed by atoms with E-state index in [0.29, 0.717) is 23.1 Å². The van der Waals surface area contributed by atoms with E-state index in [2.05, 4.69) is 10.2 Å². The summed E-state index contributed by atoms with van der Waals surface area (Å²) in [5.41, 5.74) is 1.79. The molecule has 0 spiro atoms. The van der Waals surface area contributed by atoms with Gasteiger partial charge in [-0.2, -0.15) is 0 Å². The number of rotatable bonds is 6. The van der Waals surface area contributed by atoms with Crippen LogP contribution in [0.4, 0.5) is 0 Å². The average Bonchev–Trinajstić information content (AvgIpc) is 3.08. The number of ether oxygens (including phenoxy) is 1. The predicted octanol–water partition coefficient (Wildman–Crippen LogP) is 4.32. The largest absolute Gasteiger partial charge is 0.507 e. The Labute approximate surface area is 144 Å². The van der Waals surface area contributed by atoms with Crippen LogP contribution >= 0.6 is 11.8 Å². The molecule has 0 radical (unpaired) electrons. The molecule has 122 valence electrons. The summed E-state index contributed by atoms with van der Waals surface area (Å²) in [6.45, 7) is 0. The van der Waals surface area contributed by atoms with Crippen LogP contribution in [0.15, 0.2) is 69.6 Å². The van der Waals surface area contributed by atoms with Gasteiger partial charge in [0, 0.05) is 11.0 Å². The van der Waals surface area contributed by atoms with E-state index < -0.39 is 0 Å². The average molecular weight is 340 g/mol. The highest BCUT2D eigenvalue weighted by molar-refractivity contribution is 8.02. The number of aliphatic hydroxyl groups is 1. The maximum Gasteiger partial charge on any atom is 0.281 e. The zero-order chi connectivity index (χ0) is 16.8. The van der Waals surface area contributed by atoms with Gasteiger partial charge in [0.15, 0.2) is 0 Å². The Morgan fingerprint density at radius 3 is 2.58 bits per heavy atom. The van der Waals surface area contributed by atoms with E-state index in [1.54, 1.807) is 36.8 Å². The molecule has 0 aliphatic rings. The summed E-state index contributed by atoms with van der Waals surface area (Å²) < 4.78 is 10.7. The zero-order valence-electron chi connectivity index (χ0n) is 13.0. The highest BCUT2D eigenvalue weighted by Gasteiger charge is 2.07. The van der Waals surface area contributed by atoms with Crippen molar-refractivity contribution in [3.63, 3.8) is 0 Å². The molecule has 0 unspecified atom stereocenters. The lowest BCUT2D eigenvalue weighted by atomic mass is 10.2. The summed E-state index contributed by atoms with van der Waals surface area (Å²) in [5, 5.41) is 20.1.